The lowest BCUT2D eigenvalue weighted by Crippen LogP contribution is -2.44. The van der Waals surface area contributed by atoms with E-state index >= 15 is 0 Å². The minimum Gasteiger partial charge on any atom is -0.481 e. The maximum absolute atomic E-state index is 13.8. The van der Waals surface area contributed by atoms with Crippen molar-refractivity contribution in [2.75, 3.05) is 18.5 Å². The number of halogens is 1. The Kier molecular flexibility index (Phi) is 5.86. The minimum absolute atomic E-state index is 0.0639. The highest BCUT2D eigenvalue weighted by Crippen LogP contribution is 2.36. The van der Waals surface area contributed by atoms with Gasteiger partial charge in [-0.05, 0) is 54.7 Å². The number of benzene rings is 2. The molecule has 2 aromatic rings. The lowest BCUT2D eigenvalue weighted by atomic mass is 9.73. The first-order valence-corrected chi connectivity index (χ1v) is 8.96. The number of carbonyl (C=O) groups excluding carboxylic acids is 1. The highest BCUT2D eigenvalue weighted by Gasteiger charge is 2.42. The summed E-state index contributed by atoms with van der Waals surface area (Å²) in [6.07, 6.45) is 1.47. The average Bonchev–Trinajstić information content (AvgIpc) is 2.68. The van der Waals surface area contributed by atoms with Gasteiger partial charge in [0.25, 0.3) is 0 Å². The molecule has 27 heavy (non-hydrogen) atoms. The predicted molar refractivity (Wildman–Crippen MR) is 99.2 cm³/mol. The second kappa shape index (κ2) is 8.31. The highest BCUT2D eigenvalue weighted by atomic mass is 19.1. The van der Waals surface area contributed by atoms with Gasteiger partial charge in [-0.1, -0.05) is 24.3 Å². The van der Waals surface area contributed by atoms with Crippen molar-refractivity contribution in [3.63, 3.8) is 0 Å². The molecule has 5 nitrogen and oxygen atoms in total. The summed E-state index contributed by atoms with van der Waals surface area (Å²) < 4.78 is 19.2. The van der Waals surface area contributed by atoms with Crippen molar-refractivity contribution in [2.24, 2.45) is 0 Å². The van der Waals surface area contributed by atoms with Crippen molar-refractivity contribution >= 4 is 17.6 Å². The molecule has 3 rings (SSSR count). The number of ether oxygens (including phenoxy) is 1. The van der Waals surface area contributed by atoms with Gasteiger partial charge in [0, 0.05) is 25.3 Å². The Balaban J connectivity index is 1.78. The zero-order chi connectivity index (χ0) is 19.3. The number of carboxylic acid groups (broad SMARTS) is 1. The Morgan fingerprint density at radius 3 is 2.44 bits per heavy atom. The van der Waals surface area contributed by atoms with E-state index in [0.29, 0.717) is 43.7 Å². The Hall–Kier alpha value is -2.73. The zero-order valence-electron chi connectivity index (χ0n) is 14.9. The van der Waals surface area contributed by atoms with Crippen LogP contribution in [0.15, 0.2) is 48.5 Å². The van der Waals surface area contributed by atoms with Gasteiger partial charge in [-0.25, -0.2) is 4.39 Å². The quantitative estimate of drug-likeness (QED) is 0.815. The largest absolute Gasteiger partial charge is 0.481 e. The van der Waals surface area contributed by atoms with Gasteiger partial charge in [0.05, 0.1) is 5.41 Å². The number of carboxylic acids is 1. The first-order valence-electron chi connectivity index (χ1n) is 8.96. The predicted octanol–water partition coefficient (Wildman–Crippen LogP) is 3.53. The van der Waals surface area contributed by atoms with Crippen LogP contribution < -0.4 is 5.32 Å². The molecule has 2 aromatic carbocycles. The third-order valence-corrected chi connectivity index (χ3v) is 5.00. The molecular formula is C21H22FNO4. The summed E-state index contributed by atoms with van der Waals surface area (Å²) in [6, 6.07) is 13.3. The number of aryl methyl sites for hydroxylation is 1. The van der Waals surface area contributed by atoms with Crippen LogP contribution in [-0.4, -0.2) is 30.2 Å². The van der Waals surface area contributed by atoms with Crippen molar-refractivity contribution in [1.29, 1.82) is 0 Å². The van der Waals surface area contributed by atoms with Crippen LogP contribution in [0.4, 0.5) is 10.1 Å². The van der Waals surface area contributed by atoms with Crippen molar-refractivity contribution in [2.45, 2.75) is 31.1 Å². The van der Waals surface area contributed by atoms with Gasteiger partial charge in [-0.2, -0.15) is 0 Å². The molecule has 142 valence electrons. The Morgan fingerprint density at radius 1 is 1.11 bits per heavy atom. The summed E-state index contributed by atoms with van der Waals surface area (Å²) in [6.45, 7) is 0.885. The summed E-state index contributed by atoms with van der Waals surface area (Å²) in [5, 5.41) is 11.7. The molecule has 0 aliphatic carbocycles. The van der Waals surface area contributed by atoms with E-state index in [9.17, 15) is 14.0 Å². The molecule has 2 N–H and O–H groups in total. The van der Waals surface area contributed by atoms with E-state index in [0.717, 1.165) is 5.56 Å². The fourth-order valence-corrected chi connectivity index (χ4v) is 3.41. The second-order valence-corrected chi connectivity index (χ2v) is 6.75. The fraction of sp³-hybridized carbons (Fsp3) is 0.333. The lowest BCUT2D eigenvalue weighted by Gasteiger charge is -2.36. The first-order chi connectivity index (χ1) is 13.0. The number of carbonyl (C=O) groups is 2. The number of amides is 1. The van der Waals surface area contributed by atoms with Crippen molar-refractivity contribution in [1.82, 2.24) is 0 Å². The molecule has 0 saturated carbocycles. The molecule has 1 aliphatic rings. The number of hydrogen-bond donors (Lipinski definition) is 2. The minimum atomic E-state index is -0.844. The van der Waals surface area contributed by atoms with Crippen LogP contribution in [0.2, 0.25) is 0 Å². The van der Waals surface area contributed by atoms with Crippen LogP contribution >= 0.6 is 0 Å². The lowest BCUT2D eigenvalue weighted by molar-refractivity contribution is -0.137. The molecule has 6 heteroatoms. The molecule has 0 atom stereocenters. The maximum Gasteiger partial charge on any atom is 0.303 e. The third kappa shape index (κ3) is 4.52. The van der Waals surface area contributed by atoms with Gasteiger partial charge in [0.2, 0.25) is 5.91 Å². The van der Waals surface area contributed by atoms with E-state index in [2.05, 4.69) is 5.32 Å². The number of aliphatic carboxylic acids is 1. The van der Waals surface area contributed by atoms with E-state index in [1.807, 2.05) is 0 Å². The molecule has 0 aromatic heterocycles. The number of anilines is 1. The first kappa shape index (κ1) is 19.0. The van der Waals surface area contributed by atoms with Crippen molar-refractivity contribution in [3.05, 3.63) is 65.5 Å². The number of rotatable bonds is 6. The monoisotopic (exact) mass is 371 g/mol. The topological polar surface area (TPSA) is 75.6 Å². The fourth-order valence-electron chi connectivity index (χ4n) is 3.41. The zero-order valence-corrected chi connectivity index (χ0v) is 14.9. The molecule has 1 fully saturated rings. The molecule has 0 radical (unpaired) electrons. The van der Waals surface area contributed by atoms with Crippen LogP contribution in [0.25, 0.3) is 0 Å². The van der Waals surface area contributed by atoms with Crippen molar-refractivity contribution < 1.29 is 23.8 Å². The van der Waals surface area contributed by atoms with E-state index in [-0.39, 0.29) is 18.1 Å². The van der Waals surface area contributed by atoms with Gasteiger partial charge in [-0.15, -0.1) is 0 Å². The van der Waals surface area contributed by atoms with Crippen LogP contribution in [-0.2, 0) is 26.2 Å². The Bertz CT molecular complexity index is 813. The molecule has 0 bridgehead atoms. The summed E-state index contributed by atoms with van der Waals surface area (Å²) in [5.41, 5.74) is 1.34. The third-order valence-electron chi connectivity index (χ3n) is 5.00. The van der Waals surface area contributed by atoms with Gasteiger partial charge in [-0.3, -0.25) is 9.59 Å². The maximum atomic E-state index is 13.8. The second-order valence-electron chi connectivity index (χ2n) is 6.75. The van der Waals surface area contributed by atoms with Gasteiger partial charge < -0.3 is 15.2 Å². The molecule has 0 unspecified atom stereocenters. The summed E-state index contributed by atoms with van der Waals surface area (Å²) in [7, 11) is 0. The van der Waals surface area contributed by atoms with E-state index in [1.54, 1.807) is 36.4 Å². The smallest absolute Gasteiger partial charge is 0.303 e. The number of nitrogens with one attached hydrogen (secondary N) is 1. The van der Waals surface area contributed by atoms with E-state index < -0.39 is 11.4 Å². The van der Waals surface area contributed by atoms with Gasteiger partial charge >= 0.3 is 5.97 Å². The summed E-state index contributed by atoms with van der Waals surface area (Å²) in [5.74, 6) is -1.40. The molecule has 1 amide bonds. The number of hydrogen-bond acceptors (Lipinski definition) is 3. The molecule has 1 aliphatic heterocycles. The van der Waals surface area contributed by atoms with Gasteiger partial charge in [0.1, 0.15) is 5.82 Å². The summed E-state index contributed by atoms with van der Waals surface area (Å²) in [4.78, 5) is 23.8. The van der Waals surface area contributed by atoms with E-state index in [1.165, 1.54) is 12.1 Å². The normalized spacial score (nSPS) is 15.9. The average molecular weight is 371 g/mol. The van der Waals surface area contributed by atoms with Crippen LogP contribution in [0, 0.1) is 5.82 Å². The molecular weight excluding hydrogens is 349 g/mol. The van der Waals surface area contributed by atoms with Gasteiger partial charge in [0.15, 0.2) is 0 Å². The van der Waals surface area contributed by atoms with Crippen LogP contribution in [0.1, 0.15) is 30.4 Å². The molecule has 0 spiro atoms. The molecule has 1 saturated heterocycles. The summed E-state index contributed by atoms with van der Waals surface area (Å²) >= 11 is 0. The van der Waals surface area contributed by atoms with E-state index in [4.69, 9.17) is 9.84 Å². The van der Waals surface area contributed by atoms with Crippen LogP contribution in [0.5, 0.6) is 0 Å². The SMILES string of the molecule is O=C(O)CCc1ccc(NC(=O)C2(c3cccc(F)c3)CCOCC2)cc1. The molecule has 1 heterocycles. The van der Waals surface area contributed by atoms with Crippen molar-refractivity contribution in [3.8, 4) is 0 Å². The standard InChI is InChI=1S/C21H22FNO4/c22-17-3-1-2-16(14-17)21(10-12-27-13-11-21)20(26)23-18-7-4-15(5-8-18)6-9-19(24)25/h1-5,7-8,14H,6,9-13H2,(H,23,26)(H,24,25). The Morgan fingerprint density at radius 2 is 1.81 bits per heavy atom. The van der Waals surface area contributed by atoms with Crippen LogP contribution in [0.3, 0.4) is 0 Å². The Labute approximate surface area is 157 Å². The highest BCUT2D eigenvalue weighted by molar-refractivity contribution is 5.99.